The number of alkyl halides is 7. The van der Waals surface area contributed by atoms with Crippen molar-refractivity contribution in [2.75, 3.05) is 0 Å². The fourth-order valence-corrected chi connectivity index (χ4v) is 1.87. The van der Waals surface area contributed by atoms with E-state index < -0.39 is 53.2 Å². The predicted octanol–water partition coefficient (Wildman–Crippen LogP) is 4.69. The second-order valence-corrected chi connectivity index (χ2v) is 8.14. The van der Waals surface area contributed by atoms with Crippen LogP contribution in [0.5, 0.6) is 0 Å². The second kappa shape index (κ2) is 7.94. The highest BCUT2D eigenvalue weighted by molar-refractivity contribution is 5.82. The van der Waals surface area contributed by atoms with Gasteiger partial charge in [0.1, 0.15) is 17.2 Å². The minimum Gasteiger partial charge on any atom is -0.458 e. The molecule has 0 radical (unpaired) electrons. The minimum atomic E-state index is -6.59. The van der Waals surface area contributed by atoms with Crippen molar-refractivity contribution in [3.05, 3.63) is 0 Å². The van der Waals surface area contributed by atoms with E-state index in [4.69, 9.17) is 9.47 Å². The number of carbonyl (C=O) groups excluding carboxylic acids is 2. The molecule has 1 N–H and O–H groups in total. The molecule has 0 saturated heterocycles. The van der Waals surface area contributed by atoms with E-state index in [9.17, 15) is 40.3 Å². The number of hydrogen-bond acceptors (Lipinski definition) is 4. The Morgan fingerprint density at radius 1 is 0.786 bits per heavy atom. The number of carbonyl (C=O) groups is 2. The average Bonchev–Trinajstić information content (AvgIpc) is 2.38. The summed E-state index contributed by atoms with van der Waals surface area (Å²) in [6.45, 7) is 8.33. The van der Waals surface area contributed by atoms with E-state index in [2.05, 4.69) is 0 Å². The number of rotatable bonds is 5. The molecule has 0 aliphatic carbocycles. The molecule has 2 unspecified atom stereocenters. The highest BCUT2D eigenvalue weighted by Crippen LogP contribution is 2.50. The topological polar surface area (TPSA) is 64.6 Å². The maximum Gasteiger partial charge on any atom is 0.459 e. The summed E-state index contributed by atoms with van der Waals surface area (Å²) in [5.74, 6) is -16.8. The molecule has 28 heavy (non-hydrogen) atoms. The molecule has 0 aliphatic heterocycles. The van der Waals surface area contributed by atoms with Crippen molar-refractivity contribution < 1.29 is 49.8 Å². The van der Waals surface area contributed by atoms with Gasteiger partial charge in [-0.2, -0.15) is 30.7 Å². The molecule has 0 rings (SSSR count). The highest BCUT2D eigenvalue weighted by Gasteiger charge is 2.75. The van der Waals surface area contributed by atoms with Crippen LogP contribution in [0.25, 0.3) is 0 Å². The van der Waals surface area contributed by atoms with E-state index in [-0.39, 0.29) is 6.92 Å². The summed E-state index contributed by atoms with van der Waals surface area (Å²) in [7, 11) is 0. The molecule has 0 aromatic rings. The Morgan fingerprint density at radius 3 is 1.50 bits per heavy atom. The Bertz CT molecular complexity index is 577. The zero-order chi connectivity index (χ0) is 22.9. The molecule has 0 fully saturated rings. The third-order valence-corrected chi connectivity index (χ3v) is 3.18. The van der Waals surface area contributed by atoms with Crippen LogP contribution in [0.1, 0.15) is 48.5 Å². The van der Waals surface area contributed by atoms with Crippen LogP contribution in [0, 0.1) is 5.92 Å². The molecule has 0 aliphatic rings. The fraction of sp³-hybridized carbons (Fsp3) is 0.875. The van der Waals surface area contributed by atoms with Gasteiger partial charge in [0, 0.05) is 0 Å². The Kier molecular flexibility index (Phi) is 7.44. The van der Waals surface area contributed by atoms with Crippen molar-refractivity contribution in [1.82, 2.24) is 5.32 Å². The highest BCUT2D eigenvalue weighted by atomic mass is 19.4. The van der Waals surface area contributed by atoms with E-state index in [1.807, 2.05) is 0 Å². The van der Waals surface area contributed by atoms with Crippen molar-refractivity contribution in [2.24, 2.45) is 5.92 Å². The molecular formula is C16H24F7NO4. The number of esters is 1. The summed E-state index contributed by atoms with van der Waals surface area (Å²) >= 11 is 0. The van der Waals surface area contributed by atoms with Crippen LogP contribution >= 0.6 is 0 Å². The third kappa shape index (κ3) is 6.69. The van der Waals surface area contributed by atoms with Crippen LogP contribution in [-0.4, -0.2) is 47.3 Å². The van der Waals surface area contributed by atoms with Gasteiger partial charge in [-0.3, -0.25) is 0 Å². The van der Waals surface area contributed by atoms with Crippen molar-refractivity contribution in [2.45, 2.75) is 83.7 Å². The molecule has 2 atom stereocenters. The van der Waals surface area contributed by atoms with Gasteiger partial charge in [0.25, 0.3) is 0 Å². The first-order valence-electron chi connectivity index (χ1n) is 8.07. The summed E-state index contributed by atoms with van der Waals surface area (Å²) in [5, 5.41) is 1.61. The van der Waals surface area contributed by atoms with Crippen LogP contribution in [0.4, 0.5) is 35.5 Å². The van der Waals surface area contributed by atoms with Gasteiger partial charge in [0.2, 0.25) is 0 Å². The van der Waals surface area contributed by atoms with Gasteiger partial charge < -0.3 is 14.8 Å². The van der Waals surface area contributed by atoms with Gasteiger partial charge >= 0.3 is 30.1 Å². The summed E-state index contributed by atoms with van der Waals surface area (Å²) in [5.41, 5.74) is -2.46. The zero-order valence-electron chi connectivity index (χ0n) is 16.4. The quantitative estimate of drug-likeness (QED) is 0.511. The second-order valence-electron chi connectivity index (χ2n) is 8.14. The molecule has 0 bridgehead atoms. The summed E-state index contributed by atoms with van der Waals surface area (Å²) in [6, 6.07) is -2.54. The minimum absolute atomic E-state index is 0.269. The molecular weight excluding hydrogens is 403 g/mol. The van der Waals surface area contributed by atoms with E-state index in [1.165, 1.54) is 41.5 Å². The number of ether oxygens (including phenoxy) is 2. The third-order valence-electron chi connectivity index (χ3n) is 3.18. The molecule has 5 nitrogen and oxygen atoms in total. The molecule has 1 amide bonds. The van der Waals surface area contributed by atoms with Gasteiger partial charge in [-0.05, 0) is 41.5 Å². The van der Waals surface area contributed by atoms with Gasteiger partial charge in [0.15, 0.2) is 0 Å². The van der Waals surface area contributed by atoms with E-state index >= 15 is 0 Å². The largest absolute Gasteiger partial charge is 0.459 e. The predicted molar refractivity (Wildman–Crippen MR) is 84.1 cm³/mol. The first-order valence-corrected chi connectivity index (χ1v) is 8.07. The number of halogens is 7. The first kappa shape index (κ1) is 26.2. The van der Waals surface area contributed by atoms with Gasteiger partial charge in [-0.1, -0.05) is 6.92 Å². The summed E-state index contributed by atoms with van der Waals surface area (Å²) in [4.78, 5) is 24.0. The Balaban J connectivity index is 5.96. The molecule has 0 aromatic heterocycles. The summed E-state index contributed by atoms with van der Waals surface area (Å²) in [6.07, 6.45) is -8.06. The molecule has 0 saturated carbocycles. The summed E-state index contributed by atoms with van der Waals surface area (Å²) < 4.78 is 102. The Morgan fingerprint density at radius 2 is 1.18 bits per heavy atom. The van der Waals surface area contributed by atoms with Crippen LogP contribution in [0.2, 0.25) is 0 Å². The fourth-order valence-electron chi connectivity index (χ4n) is 1.87. The monoisotopic (exact) mass is 427 g/mol. The SMILES string of the molecule is CC(C(NC(=O)OC(C)(C)C)C(=O)OC(C)(C)C)C(F)(F)C(F)(F)C(F)(F)F. The smallest absolute Gasteiger partial charge is 0.458 e. The maximum absolute atomic E-state index is 14.1. The Hall–Kier alpha value is -1.75. The number of nitrogens with one attached hydrogen (secondary N) is 1. The van der Waals surface area contributed by atoms with Gasteiger partial charge in [-0.15, -0.1) is 0 Å². The van der Waals surface area contributed by atoms with Crippen molar-refractivity contribution >= 4 is 12.1 Å². The standard InChI is InChI=1S/C16H24F7NO4/c1-8(14(17,18)15(19,20)16(21,22)23)9(10(25)27-12(2,3)4)24-11(26)28-13(5,6)7/h8-9H,1-7H3,(H,24,26). The number of hydrogen-bond donors (Lipinski definition) is 1. The number of amides is 1. The molecule has 0 spiro atoms. The first-order chi connectivity index (χ1) is 12.0. The van der Waals surface area contributed by atoms with Crippen molar-refractivity contribution in [3.63, 3.8) is 0 Å². The van der Waals surface area contributed by atoms with Crippen LogP contribution in [-0.2, 0) is 14.3 Å². The lowest BCUT2D eigenvalue weighted by Crippen LogP contribution is -2.61. The van der Waals surface area contributed by atoms with Crippen LogP contribution < -0.4 is 5.32 Å². The normalized spacial score (nSPS) is 16.2. The number of alkyl carbamates (subject to hydrolysis) is 1. The molecule has 12 heteroatoms. The zero-order valence-corrected chi connectivity index (χ0v) is 16.4. The van der Waals surface area contributed by atoms with Crippen LogP contribution in [0.3, 0.4) is 0 Å². The van der Waals surface area contributed by atoms with Crippen LogP contribution in [0.15, 0.2) is 0 Å². The van der Waals surface area contributed by atoms with E-state index in [0.29, 0.717) is 0 Å². The molecule has 0 aromatic carbocycles. The molecule has 0 heterocycles. The van der Waals surface area contributed by atoms with E-state index in [1.54, 1.807) is 5.32 Å². The Labute approximate surface area is 157 Å². The van der Waals surface area contributed by atoms with E-state index in [0.717, 1.165) is 0 Å². The lowest BCUT2D eigenvalue weighted by Gasteiger charge is -2.36. The lowest BCUT2D eigenvalue weighted by atomic mass is 9.89. The van der Waals surface area contributed by atoms with Gasteiger partial charge in [-0.25, -0.2) is 9.59 Å². The maximum atomic E-state index is 14.1. The van der Waals surface area contributed by atoms with Crippen molar-refractivity contribution in [1.29, 1.82) is 0 Å². The lowest BCUT2D eigenvalue weighted by molar-refractivity contribution is -0.365. The van der Waals surface area contributed by atoms with Gasteiger partial charge in [0.05, 0.1) is 5.92 Å². The molecule has 166 valence electrons. The van der Waals surface area contributed by atoms with Crippen molar-refractivity contribution in [3.8, 4) is 0 Å². The average molecular weight is 427 g/mol.